The van der Waals surface area contributed by atoms with E-state index in [2.05, 4.69) is 0 Å². The molecule has 0 amide bonds. The van der Waals surface area contributed by atoms with Crippen LogP contribution in [0.25, 0.3) is 0 Å². The Balaban J connectivity index is 2.65. The Kier molecular flexibility index (Phi) is 4.73. The van der Waals surface area contributed by atoms with Crippen molar-refractivity contribution in [1.29, 1.82) is 0 Å². The Hall–Kier alpha value is -0.620. The summed E-state index contributed by atoms with van der Waals surface area (Å²) in [4.78, 5) is 10.8. The maximum atomic E-state index is 11.8. The van der Waals surface area contributed by atoms with Gasteiger partial charge in [0.15, 0.2) is 15.1 Å². The third-order valence-corrected chi connectivity index (χ3v) is 5.23. The van der Waals surface area contributed by atoms with Gasteiger partial charge in [-0.3, -0.25) is 4.79 Å². The normalized spacial score (nSPS) is 20.6. The molecule has 1 heterocycles. The predicted octanol–water partition coefficient (Wildman–Crippen LogP) is 0.691. The largest absolute Gasteiger partial charge is 0.480 e. The van der Waals surface area contributed by atoms with Gasteiger partial charge in [0, 0.05) is 13.2 Å². The van der Waals surface area contributed by atoms with Crippen LogP contribution in [0.1, 0.15) is 26.2 Å². The third kappa shape index (κ3) is 3.45. The second-order valence-corrected chi connectivity index (χ2v) is 6.35. The Morgan fingerprint density at radius 1 is 1.44 bits per heavy atom. The van der Waals surface area contributed by atoms with Crippen LogP contribution in [0.4, 0.5) is 0 Å². The van der Waals surface area contributed by atoms with Gasteiger partial charge in [-0.2, -0.15) is 0 Å². The first kappa shape index (κ1) is 13.4. The summed E-state index contributed by atoms with van der Waals surface area (Å²) in [5.41, 5.74) is 0. The molecule has 1 fully saturated rings. The van der Waals surface area contributed by atoms with E-state index in [4.69, 9.17) is 9.84 Å². The van der Waals surface area contributed by atoms with Gasteiger partial charge >= 0.3 is 5.97 Å². The molecule has 0 aliphatic carbocycles. The summed E-state index contributed by atoms with van der Waals surface area (Å²) < 4.78 is 28.8. The summed E-state index contributed by atoms with van der Waals surface area (Å²) in [6, 6.07) is 0. The van der Waals surface area contributed by atoms with Gasteiger partial charge in [-0.1, -0.05) is 6.92 Å². The second-order valence-electron chi connectivity index (χ2n) is 4.12. The highest BCUT2D eigenvalue weighted by atomic mass is 32.2. The summed E-state index contributed by atoms with van der Waals surface area (Å²) in [5.74, 6) is -1.22. The van der Waals surface area contributed by atoms with E-state index in [0.29, 0.717) is 26.1 Å². The van der Waals surface area contributed by atoms with Crippen molar-refractivity contribution in [2.75, 3.05) is 19.0 Å². The van der Waals surface area contributed by atoms with Crippen molar-refractivity contribution in [3.8, 4) is 0 Å². The summed E-state index contributed by atoms with van der Waals surface area (Å²) in [6.07, 6.45) is 1.53. The summed E-state index contributed by atoms with van der Waals surface area (Å²) >= 11 is 0. The number of sulfone groups is 1. The molecule has 6 heteroatoms. The van der Waals surface area contributed by atoms with Crippen molar-refractivity contribution in [1.82, 2.24) is 0 Å². The van der Waals surface area contributed by atoms with Gasteiger partial charge in [0.2, 0.25) is 0 Å². The van der Waals surface area contributed by atoms with Gasteiger partial charge in [0.25, 0.3) is 0 Å². The molecule has 1 atom stereocenters. The Bertz CT molecular complexity index is 329. The molecule has 1 N–H and O–H groups in total. The lowest BCUT2D eigenvalue weighted by Crippen LogP contribution is -2.35. The fraction of sp³-hybridized carbons (Fsp3) is 0.900. The average Bonchev–Trinajstić information content (AvgIpc) is 2.18. The van der Waals surface area contributed by atoms with Crippen LogP contribution < -0.4 is 0 Å². The van der Waals surface area contributed by atoms with Crippen LogP contribution in [0.3, 0.4) is 0 Å². The van der Waals surface area contributed by atoms with Crippen LogP contribution in [0.5, 0.6) is 0 Å². The molecule has 94 valence electrons. The van der Waals surface area contributed by atoms with Crippen LogP contribution in [-0.4, -0.2) is 43.7 Å². The van der Waals surface area contributed by atoms with E-state index in [1.807, 2.05) is 0 Å². The molecule has 0 radical (unpaired) electrons. The Morgan fingerprint density at radius 3 is 2.44 bits per heavy atom. The van der Waals surface area contributed by atoms with E-state index < -0.39 is 21.1 Å². The summed E-state index contributed by atoms with van der Waals surface area (Å²) in [6.45, 7) is 2.73. The molecular formula is C10H18O5S. The van der Waals surface area contributed by atoms with Gasteiger partial charge in [-0.25, -0.2) is 8.42 Å². The number of carboxylic acid groups (broad SMARTS) is 1. The van der Waals surface area contributed by atoms with E-state index in [-0.39, 0.29) is 18.1 Å². The number of ether oxygens (including phenoxy) is 1. The van der Waals surface area contributed by atoms with Crippen molar-refractivity contribution in [2.45, 2.75) is 31.4 Å². The molecule has 1 aliphatic heterocycles. The third-order valence-electron chi connectivity index (χ3n) is 2.89. The van der Waals surface area contributed by atoms with Crippen molar-refractivity contribution in [2.24, 2.45) is 5.92 Å². The molecule has 0 spiro atoms. The lowest BCUT2D eigenvalue weighted by Gasteiger charge is -2.23. The lowest BCUT2D eigenvalue weighted by atomic mass is 10.0. The van der Waals surface area contributed by atoms with E-state index in [1.54, 1.807) is 6.92 Å². The SMILES string of the molecule is CCC(C(=O)O)S(=O)(=O)CC1CCOCC1. The zero-order valence-electron chi connectivity index (χ0n) is 9.39. The van der Waals surface area contributed by atoms with Gasteiger partial charge in [-0.05, 0) is 25.2 Å². The number of carboxylic acids is 1. The molecule has 1 saturated heterocycles. The van der Waals surface area contributed by atoms with E-state index >= 15 is 0 Å². The monoisotopic (exact) mass is 250 g/mol. The molecule has 1 aliphatic rings. The van der Waals surface area contributed by atoms with Crippen LogP contribution in [-0.2, 0) is 19.4 Å². The maximum Gasteiger partial charge on any atom is 0.321 e. The first-order chi connectivity index (χ1) is 7.47. The van der Waals surface area contributed by atoms with Crippen molar-refractivity contribution in [3.63, 3.8) is 0 Å². The number of rotatable bonds is 5. The number of hydrogen-bond acceptors (Lipinski definition) is 4. The average molecular weight is 250 g/mol. The van der Waals surface area contributed by atoms with Crippen molar-refractivity contribution < 1.29 is 23.1 Å². The highest BCUT2D eigenvalue weighted by Crippen LogP contribution is 2.20. The van der Waals surface area contributed by atoms with E-state index in [0.717, 1.165) is 0 Å². The molecule has 0 bridgehead atoms. The molecule has 0 aromatic rings. The minimum atomic E-state index is -3.53. The quantitative estimate of drug-likeness (QED) is 0.776. The molecule has 1 rings (SSSR count). The predicted molar refractivity (Wildman–Crippen MR) is 59.0 cm³/mol. The van der Waals surface area contributed by atoms with Crippen molar-refractivity contribution >= 4 is 15.8 Å². The molecular weight excluding hydrogens is 232 g/mol. The standard InChI is InChI=1S/C10H18O5S/c1-2-9(10(11)12)16(13,14)7-8-3-5-15-6-4-8/h8-9H,2-7H2,1H3,(H,11,12). The smallest absolute Gasteiger partial charge is 0.321 e. The fourth-order valence-electron chi connectivity index (χ4n) is 1.94. The number of aliphatic carboxylic acids is 1. The van der Waals surface area contributed by atoms with Crippen LogP contribution in [0.15, 0.2) is 0 Å². The minimum Gasteiger partial charge on any atom is -0.480 e. The zero-order valence-corrected chi connectivity index (χ0v) is 10.2. The molecule has 0 aromatic heterocycles. The van der Waals surface area contributed by atoms with E-state index in [9.17, 15) is 13.2 Å². The topological polar surface area (TPSA) is 80.7 Å². The maximum absolute atomic E-state index is 11.8. The molecule has 0 saturated carbocycles. The van der Waals surface area contributed by atoms with Gasteiger partial charge in [0.1, 0.15) is 0 Å². The molecule has 5 nitrogen and oxygen atoms in total. The summed E-state index contributed by atoms with van der Waals surface area (Å²) in [7, 11) is -3.53. The Morgan fingerprint density at radius 2 is 2.00 bits per heavy atom. The van der Waals surface area contributed by atoms with Gasteiger partial charge < -0.3 is 9.84 Å². The molecule has 16 heavy (non-hydrogen) atoms. The number of hydrogen-bond donors (Lipinski definition) is 1. The lowest BCUT2D eigenvalue weighted by molar-refractivity contribution is -0.136. The Labute approximate surface area is 95.7 Å². The highest BCUT2D eigenvalue weighted by Gasteiger charge is 2.33. The van der Waals surface area contributed by atoms with Gasteiger partial charge in [0.05, 0.1) is 5.75 Å². The first-order valence-corrected chi connectivity index (χ1v) is 7.21. The zero-order chi connectivity index (χ0) is 12.2. The van der Waals surface area contributed by atoms with E-state index in [1.165, 1.54) is 0 Å². The number of carbonyl (C=O) groups is 1. The highest BCUT2D eigenvalue weighted by molar-refractivity contribution is 7.92. The van der Waals surface area contributed by atoms with Crippen molar-refractivity contribution in [3.05, 3.63) is 0 Å². The summed E-state index contributed by atoms with van der Waals surface area (Å²) in [5, 5.41) is 7.58. The molecule has 0 aromatic carbocycles. The second kappa shape index (κ2) is 5.63. The molecule has 1 unspecified atom stereocenters. The van der Waals surface area contributed by atoms with Crippen LogP contribution in [0.2, 0.25) is 0 Å². The first-order valence-electron chi connectivity index (χ1n) is 5.49. The fourth-order valence-corrected chi connectivity index (χ4v) is 3.98. The van der Waals surface area contributed by atoms with Crippen LogP contribution >= 0.6 is 0 Å². The van der Waals surface area contributed by atoms with Crippen LogP contribution in [0, 0.1) is 5.92 Å². The van der Waals surface area contributed by atoms with Gasteiger partial charge in [-0.15, -0.1) is 0 Å². The minimum absolute atomic E-state index is 0.0266.